The van der Waals surface area contributed by atoms with Crippen LogP contribution in [-0.4, -0.2) is 16.1 Å². The predicted octanol–water partition coefficient (Wildman–Crippen LogP) is 3.55. The molecule has 1 aromatic carbocycles. The second kappa shape index (κ2) is 7.61. The van der Waals surface area contributed by atoms with Crippen LogP contribution in [0.5, 0.6) is 0 Å². The first-order valence-corrected chi connectivity index (χ1v) is 6.24. The van der Waals surface area contributed by atoms with Gasteiger partial charge in [0.05, 0.1) is 11.0 Å². The van der Waals surface area contributed by atoms with Crippen LogP contribution in [0.3, 0.4) is 0 Å². The molecule has 18 heavy (non-hydrogen) atoms. The Hall–Kier alpha value is -1.68. The topological polar surface area (TPSA) is 63.4 Å². The number of nitrogens with zero attached hydrogens (tertiary/aromatic N) is 1. The van der Waals surface area contributed by atoms with E-state index >= 15 is 0 Å². The lowest BCUT2D eigenvalue weighted by molar-refractivity contribution is -0.384. The lowest BCUT2D eigenvalue weighted by Gasteiger charge is -2.04. The number of benzene rings is 1. The second-order valence-corrected chi connectivity index (χ2v) is 4.27. The molecular formula is C14H19NO3. The van der Waals surface area contributed by atoms with E-state index in [1.54, 1.807) is 24.3 Å². The van der Waals surface area contributed by atoms with Gasteiger partial charge in [-0.25, -0.2) is 0 Å². The van der Waals surface area contributed by atoms with Gasteiger partial charge in [0.25, 0.3) is 5.69 Å². The zero-order chi connectivity index (χ0) is 13.4. The first-order chi connectivity index (χ1) is 8.63. The van der Waals surface area contributed by atoms with Crippen molar-refractivity contribution in [1.82, 2.24) is 0 Å². The molecule has 0 heterocycles. The molecule has 0 aliphatic heterocycles. The van der Waals surface area contributed by atoms with E-state index in [9.17, 15) is 15.2 Å². The van der Waals surface area contributed by atoms with E-state index in [0.717, 1.165) is 31.2 Å². The van der Waals surface area contributed by atoms with Crippen molar-refractivity contribution in [3.63, 3.8) is 0 Å². The summed E-state index contributed by atoms with van der Waals surface area (Å²) in [4.78, 5) is 10.0. The van der Waals surface area contributed by atoms with Gasteiger partial charge in [-0.3, -0.25) is 10.1 Å². The lowest BCUT2D eigenvalue weighted by atomic mass is 10.1. The second-order valence-electron chi connectivity index (χ2n) is 4.27. The number of rotatable bonds is 7. The van der Waals surface area contributed by atoms with E-state index in [1.807, 2.05) is 0 Å². The highest BCUT2D eigenvalue weighted by Crippen LogP contribution is 2.13. The SMILES string of the molecule is CCCCCC(O)C=Cc1ccc([N+](=O)[O-])cc1. The zero-order valence-corrected chi connectivity index (χ0v) is 10.6. The highest BCUT2D eigenvalue weighted by molar-refractivity contribution is 5.52. The van der Waals surface area contributed by atoms with Crippen molar-refractivity contribution in [1.29, 1.82) is 0 Å². The maximum atomic E-state index is 10.5. The van der Waals surface area contributed by atoms with E-state index < -0.39 is 11.0 Å². The van der Waals surface area contributed by atoms with Crippen LogP contribution in [0.15, 0.2) is 30.3 Å². The van der Waals surface area contributed by atoms with Crippen LogP contribution in [-0.2, 0) is 0 Å². The highest BCUT2D eigenvalue weighted by Gasteiger charge is 2.03. The standard InChI is InChI=1S/C14H19NO3/c1-2-3-4-5-14(16)11-8-12-6-9-13(10-7-12)15(17)18/h6-11,14,16H,2-5H2,1H3. The molecule has 0 saturated heterocycles. The van der Waals surface area contributed by atoms with Crippen LogP contribution in [0.2, 0.25) is 0 Å². The number of aliphatic hydroxyl groups excluding tert-OH is 1. The van der Waals surface area contributed by atoms with Gasteiger partial charge in [0.1, 0.15) is 0 Å². The number of aliphatic hydroxyl groups is 1. The Labute approximate surface area is 107 Å². The summed E-state index contributed by atoms with van der Waals surface area (Å²) in [5, 5.41) is 20.2. The van der Waals surface area contributed by atoms with E-state index in [0.29, 0.717) is 0 Å². The van der Waals surface area contributed by atoms with Crippen LogP contribution in [0.1, 0.15) is 38.2 Å². The van der Waals surface area contributed by atoms with Crippen LogP contribution < -0.4 is 0 Å². The van der Waals surface area contributed by atoms with E-state index in [-0.39, 0.29) is 5.69 Å². The molecule has 4 heteroatoms. The third-order valence-corrected chi connectivity index (χ3v) is 2.72. The molecule has 4 nitrogen and oxygen atoms in total. The first kappa shape index (κ1) is 14.4. The molecule has 0 aromatic heterocycles. The van der Waals surface area contributed by atoms with Gasteiger partial charge in [-0.05, 0) is 24.1 Å². The monoisotopic (exact) mass is 249 g/mol. The minimum absolute atomic E-state index is 0.0793. The molecule has 1 aromatic rings. The highest BCUT2D eigenvalue weighted by atomic mass is 16.6. The number of non-ortho nitro benzene ring substituents is 1. The summed E-state index contributed by atoms with van der Waals surface area (Å²) in [5.41, 5.74) is 0.936. The summed E-state index contributed by atoms with van der Waals surface area (Å²) in [6, 6.07) is 6.27. The Balaban J connectivity index is 2.48. The molecule has 98 valence electrons. The molecule has 0 saturated carbocycles. The van der Waals surface area contributed by atoms with Gasteiger partial charge in [0.15, 0.2) is 0 Å². The number of hydrogen-bond acceptors (Lipinski definition) is 3. The molecule has 0 radical (unpaired) electrons. The van der Waals surface area contributed by atoms with Crippen molar-refractivity contribution in [2.24, 2.45) is 0 Å². The summed E-state index contributed by atoms with van der Waals surface area (Å²) in [6.07, 6.45) is 7.13. The van der Waals surface area contributed by atoms with Crippen LogP contribution >= 0.6 is 0 Å². The first-order valence-electron chi connectivity index (χ1n) is 6.24. The minimum Gasteiger partial charge on any atom is -0.389 e. The quantitative estimate of drug-likeness (QED) is 0.456. The Kier molecular flexibility index (Phi) is 6.08. The Morgan fingerprint density at radius 3 is 2.56 bits per heavy atom. The number of nitro benzene ring substituents is 1. The largest absolute Gasteiger partial charge is 0.389 e. The van der Waals surface area contributed by atoms with E-state index in [4.69, 9.17) is 0 Å². The third kappa shape index (κ3) is 5.10. The van der Waals surface area contributed by atoms with E-state index in [1.165, 1.54) is 12.1 Å². The van der Waals surface area contributed by atoms with Gasteiger partial charge in [-0.15, -0.1) is 0 Å². The van der Waals surface area contributed by atoms with Gasteiger partial charge in [0, 0.05) is 12.1 Å². The van der Waals surface area contributed by atoms with Crippen LogP contribution in [0, 0.1) is 10.1 Å². The summed E-state index contributed by atoms with van der Waals surface area (Å²) < 4.78 is 0. The van der Waals surface area contributed by atoms with Gasteiger partial charge in [-0.1, -0.05) is 38.3 Å². The fraction of sp³-hybridized carbons (Fsp3) is 0.429. The zero-order valence-electron chi connectivity index (χ0n) is 10.6. The molecule has 0 aliphatic carbocycles. The van der Waals surface area contributed by atoms with Crippen molar-refractivity contribution < 1.29 is 10.0 Å². The van der Waals surface area contributed by atoms with Crippen LogP contribution in [0.4, 0.5) is 5.69 Å². The molecule has 0 fully saturated rings. The number of hydrogen-bond donors (Lipinski definition) is 1. The van der Waals surface area contributed by atoms with Crippen molar-refractivity contribution in [2.45, 2.75) is 38.7 Å². The van der Waals surface area contributed by atoms with Crippen molar-refractivity contribution >= 4 is 11.8 Å². The molecule has 1 atom stereocenters. The third-order valence-electron chi connectivity index (χ3n) is 2.72. The van der Waals surface area contributed by atoms with Crippen molar-refractivity contribution in [3.8, 4) is 0 Å². The van der Waals surface area contributed by atoms with Gasteiger partial charge in [0.2, 0.25) is 0 Å². The smallest absolute Gasteiger partial charge is 0.269 e. The average molecular weight is 249 g/mol. The number of nitro groups is 1. The van der Waals surface area contributed by atoms with Gasteiger partial charge < -0.3 is 5.11 Å². The molecule has 0 aliphatic rings. The molecule has 0 bridgehead atoms. The van der Waals surface area contributed by atoms with Crippen molar-refractivity contribution in [3.05, 3.63) is 46.0 Å². The van der Waals surface area contributed by atoms with Crippen LogP contribution in [0.25, 0.3) is 6.08 Å². The van der Waals surface area contributed by atoms with Gasteiger partial charge in [-0.2, -0.15) is 0 Å². The maximum absolute atomic E-state index is 10.5. The summed E-state index contributed by atoms with van der Waals surface area (Å²) in [7, 11) is 0. The molecule has 1 rings (SSSR count). The number of unbranched alkanes of at least 4 members (excludes halogenated alkanes) is 2. The molecule has 0 amide bonds. The summed E-state index contributed by atoms with van der Waals surface area (Å²) >= 11 is 0. The summed E-state index contributed by atoms with van der Waals surface area (Å²) in [5.74, 6) is 0. The Morgan fingerprint density at radius 2 is 2.00 bits per heavy atom. The molecule has 1 N–H and O–H groups in total. The molecule has 0 spiro atoms. The normalized spacial score (nSPS) is 12.8. The Morgan fingerprint density at radius 1 is 1.33 bits per heavy atom. The Bertz CT molecular complexity index is 398. The molecule has 1 unspecified atom stereocenters. The van der Waals surface area contributed by atoms with E-state index in [2.05, 4.69) is 6.92 Å². The average Bonchev–Trinajstić information content (AvgIpc) is 2.37. The lowest BCUT2D eigenvalue weighted by Crippen LogP contribution is -2.01. The summed E-state index contributed by atoms with van der Waals surface area (Å²) in [6.45, 7) is 2.12. The molecular weight excluding hydrogens is 230 g/mol. The maximum Gasteiger partial charge on any atom is 0.269 e. The minimum atomic E-state index is -0.438. The fourth-order valence-electron chi connectivity index (χ4n) is 1.63. The van der Waals surface area contributed by atoms with Gasteiger partial charge >= 0.3 is 0 Å². The van der Waals surface area contributed by atoms with Crippen molar-refractivity contribution in [2.75, 3.05) is 0 Å². The fourth-order valence-corrected chi connectivity index (χ4v) is 1.63. The predicted molar refractivity (Wildman–Crippen MR) is 72.3 cm³/mol.